The van der Waals surface area contributed by atoms with E-state index in [2.05, 4.69) is 15.0 Å². The molecule has 0 amide bonds. The molecule has 3 aromatic rings. The van der Waals surface area contributed by atoms with E-state index in [1.165, 1.54) is 0 Å². The van der Waals surface area contributed by atoms with E-state index in [-0.39, 0.29) is 47.2 Å². The predicted octanol–water partition coefficient (Wildman–Crippen LogP) is 2.60. The van der Waals surface area contributed by atoms with Crippen molar-refractivity contribution >= 4 is 51.8 Å². The third kappa shape index (κ3) is 4.41. The minimum atomic E-state index is -1.33. The van der Waals surface area contributed by atoms with Crippen molar-refractivity contribution in [3.8, 4) is 5.75 Å². The molecule has 1 aliphatic carbocycles. The fourth-order valence-corrected chi connectivity index (χ4v) is 4.74. The van der Waals surface area contributed by atoms with Crippen molar-refractivity contribution in [1.82, 2.24) is 15.0 Å². The molecule has 2 fully saturated rings. The van der Waals surface area contributed by atoms with E-state index in [4.69, 9.17) is 14.2 Å². The summed E-state index contributed by atoms with van der Waals surface area (Å²) in [6.07, 6.45) is 4.61. The van der Waals surface area contributed by atoms with Crippen LogP contribution in [-0.4, -0.2) is 74.2 Å². The number of hydrogen-bond acceptors (Lipinski definition) is 6. The van der Waals surface area contributed by atoms with Gasteiger partial charge in [0.05, 0.1) is 29.9 Å². The second-order valence-corrected chi connectivity index (χ2v) is 8.92. The SMILES string of the molecule is Cc1c(OC2COC3(CCC3)OC2)ccnc1C[S+]([O-])c1nc2ccccc2[nH]1.[NaH]. The summed E-state index contributed by atoms with van der Waals surface area (Å²) >= 11 is -1.33. The normalized spacial score (nSPS) is 19.3. The van der Waals surface area contributed by atoms with Crippen LogP contribution in [0.1, 0.15) is 30.5 Å². The summed E-state index contributed by atoms with van der Waals surface area (Å²) < 4.78 is 30.7. The van der Waals surface area contributed by atoms with Gasteiger partial charge in [-0.25, -0.2) is 0 Å². The monoisotopic (exact) mass is 437 g/mol. The topological polar surface area (TPSA) is 92.3 Å². The van der Waals surface area contributed by atoms with Crippen molar-refractivity contribution in [3.05, 3.63) is 47.8 Å². The van der Waals surface area contributed by atoms with E-state index in [0.717, 1.165) is 47.3 Å². The number of nitrogens with one attached hydrogen (secondary N) is 1. The number of pyridine rings is 1. The predicted molar refractivity (Wildman–Crippen MR) is 115 cm³/mol. The summed E-state index contributed by atoms with van der Waals surface area (Å²) in [5.74, 6) is 0.629. The van der Waals surface area contributed by atoms with Crippen molar-refractivity contribution in [1.29, 1.82) is 0 Å². The Hall–Kier alpha value is -1.13. The molecule has 1 saturated carbocycles. The molecule has 1 saturated heterocycles. The minimum absolute atomic E-state index is 0. The molecule has 154 valence electrons. The number of nitrogens with zero attached hydrogens (tertiary/aromatic N) is 2. The Morgan fingerprint density at radius 1 is 1.23 bits per heavy atom. The third-order valence-corrected chi connectivity index (χ3v) is 6.74. The average Bonchev–Trinajstić information content (AvgIpc) is 3.15. The van der Waals surface area contributed by atoms with E-state index in [9.17, 15) is 4.55 Å². The maximum atomic E-state index is 12.8. The second-order valence-electron chi connectivity index (χ2n) is 7.56. The molecule has 1 spiro atoms. The van der Waals surface area contributed by atoms with Crippen LogP contribution in [0.15, 0.2) is 41.7 Å². The molecule has 0 bridgehead atoms. The summed E-state index contributed by atoms with van der Waals surface area (Å²) in [5, 5.41) is 0.457. The number of ether oxygens (including phenoxy) is 3. The van der Waals surface area contributed by atoms with Crippen LogP contribution in [-0.2, 0) is 26.4 Å². The Bertz CT molecular complexity index is 983. The molecule has 30 heavy (non-hydrogen) atoms. The van der Waals surface area contributed by atoms with Gasteiger partial charge in [0.1, 0.15) is 11.9 Å². The number of benzene rings is 1. The van der Waals surface area contributed by atoms with Gasteiger partial charge in [0, 0.05) is 35.8 Å². The number of rotatable bonds is 5. The molecule has 2 aromatic heterocycles. The van der Waals surface area contributed by atoms with Crippen LogP contribution in [0.2, 0.25) is 0 Å². The van der Waals surface area contributed by atoms with Crippen LogP contribution in [0.25, 0.3) is 11.0 Å². The first-order valence-electron chi connectivity index (χ1n) is 9.84. The first kappa shape index (κ1) is 22.1. The van der Waals surface area contributed by atoms with Gasteiger partial charge < -0.3 is 18.8 Å². The van der Waals surface area contributed by atoms with Crippen LogP contribution < -0.4 is 4.74 Å². The zero-order chi connectivity index (χ0) is 19.8. The fraction of sp³-hybridized carbons (Fsp3) is 0.429. The van der Waals surface area contributed by atoms with Crippen LogP contribution in [0.3, 0.4) is 0 Å². The van der Waals surface area contributed by atoms with Gasteiger partial charge >= 0.3 is 34.7 Å². The van der Waals surface area contributed by atoms with Crippen LogP contribution in [0, 0.1) is 6.92 Å². The quantitative estimate of drug-likeness (QED) is 0.487. The number of H-pyrrole nitrogens is 1. The van der Waals surface area contributed by atoms with E-state index < -0.39 is 11.2 Å². The third-order valence-electron chi connectivity index (χ3n) is 5.58. The van der Waals surface area contributed by atoms with Crippen LogP contribution >= 0.6 is 0 Å². The molecule has 1 atom stereocenters. The van der Waals surface area contributed by atoms with Gasteiger partial charge in [-0.1, -0.05) is 12.1 Å². The average molecular weight is 437 g/mol. The molecule has 2 aliphatic rings. The zero-order valence-electron chi connectivity index (χ0n) is 16.2. The summed E-state index contributed by atoms with van der Waals surface area (Å²) in [5.41, 5.74) is 3.29. The van der Waals surface area contributed by atoms with E-state index in [1.807, 2.05) is 37.3 Å². The molecule has 1 aromatic carbocycles. The summed E-state index contributed by atoms with van der Waals surface area (Å²) in [6, 6.07) is 9.48. The molecule has 9 heteroatoms. The first-order chi connectivity index (χ1) is 14.1. The van der Waals surface area contributed by atoms with Gasteiger partial charge in [-0.15, -0.1) is 0 Å². The maximum absolute atomic E-state index is 12.8. The van der Waals surface area contributed by atoms with Crippen molar-refractivity contribution in [2.75, 3.05) is 13.2 Å². The molecule has 3 heterocycles. The summed E-state index contributed by atoms with van der Waals surface area (Å²) in [4.78, 5) is 12.0. The van der Waals surface area contributed by atoms with Crippen LogP contribution in [0.5, 0.6) is 5.75 Å². The Balaban J connectivity index is 0.00000218. The van der Waals surface area contributed by atoms with Gasteiger partial charge in [0.15, 0.2) is 11.5 Å². The molecular formula is C21H24N3NaO4S. The zero-order valence-corrected chi connectivity index (χ0v) is 17.0. The fourth-order valence-electron chi connectivity index (χ4n) is 3.64. The van der Waals surface area contributed by atoms with Crippen molar-refractivity contribution in [2.45, 2.75) is 49.0 Å². The van der Waals surface area contributed by atoms with Gasteiger partial charge in [-0.3, -0.25) is 9.97 Å². The number of aromatic amines is 1. The molecule has 5 rings (SSSR count). The van der Waals surface area contributed by atoms with Gasteiger partial charge in [-0.2, -0.15) is 4.98 Å². The Labute approximate surface area is 200 Å². The first-order valence-corrected chi connectivity index (χ1v) is 11.2. The van der Waals surface area contributed by atoms with E-state index in [1.54, 1.807) is 6.20 Å². The Morgan fingerprint density at radius 2 is 2.00 bits per heavy atom. The standard InChI is InChI=1S/C21H23N3O4S.Na.H/c1-14-18(13-29(25)20-23-16-5-2-3-6-17(16)24-20)22-10-7-19(14)28-15-11-26-21(27-12-15)8-4-9-21;;/h2-3,5-7,10,15H,4,8-9,11-13H2,1H3,(H,23,24);;. The van der Waals surface area contributed by atoms with E-state index >= 15 is 0 Å². The van der Waals surface area contributed by atoms with Crippen molar-refractivity contribution in [2.24, 2.45) is 0 Å². The van der Waals surface area contributed by atoms with Crippen molar-refractivity contribution < 1.29 is 18.8 Å². The van der Waals surface area contributed by atoms with Gasteiger partial charge in [-0.05, 0) is 31.5 Å². The van der Waals surface area contributed by atoms with Crippen molar-refractivity contribution in [3.63, 3.8) is 0 Å². The number of hydrogen-bond donors (Lipinski definition) is 1. The van der Waals surface area contributed by atoms with Crippen LogP contribution in [0.4, 0.5) is 0 Å². The summed E-state index contributed by atoms with van der Waals surface area (Å²) in [7, 11) is 0. The molecule has 1 unspecified atom stereocenters. The second kappa shape index (κ2) is 9.16. The number of para-hydroxylation sites is 2. The Kier molecular flexibility index (Phi) is 6.74. The molecule has 1 aliphatic heterocycles. The molecular weight excluding hydrogens is 413 g/mol. The number of fused-ring (bicyclic) bond motifs is 1. The van der Waals surface area contributed by atoms with Gasteiger partial charge in [0.2, 0.25) is 0 Å². The van der Waals surface area contributed by atoms with Gasteiger partial charge in [0.25, 0.3) is 0 Å². The number of imidazole rings is 1. The molecule has 0 radical (unpaired) electrons. The summed E-state index contributed by atoms with van der Waals surface area (Å²) in [6.45, 7) is 2.97. The molecule has 7 nitrogen and oxygen atoms in total. The van der Waals surface area contributed by atoms with E-state index in [0.29, 0.717) is 18.4 Å². The Morgan fingerprint density at radius 3 is 2.70 bits per heavy atom. The number of aromatic nitrogens is 3. The molecule has 1 N–H and O–H groups in total.